The fourth-order valence-corrected chi connectivity index (χ4v) is 6.42. The van der Waals surface area contributed by atoms with Gasteiger partial charge in [-0.2, -0.15) is 8.42 Å². The Bertz CT molecular complexity index is 1250. The Hall–Kier alpha value is -2.51. The number of aryl methyl sites for hydroxylation is 1. The third-order valence-corrected chi connectivity index (χ3v) is 8.81. The largest absolute Gasteiger partial charge is 0.362 e. The van der Waals surface area contributed by atoms with Crippen molar-refractivity contribution in [1.29, 1.82) is 0 Å². The third kappa shape index (κ3) is 5.57. The number of likely N-dealkylation sites (tertiary alicyclic amines) is 1. The molecule has 0 aliphatic carbocycles. The third-order valence-electron chi connectivity index (χ3n) is 7.49. The number of rotatable bonds is 9. The number of hydrogen-bond acceptors (Lipinski definition) is 5. The molecule has 0 radical (unpaired) electrons. The van der Waals surface area contributed by atoms with Gasteiger partial charge in [0.2, 0.25) is 0 Å². The van der Waals surface area contributed by atoms with E-state index in [1.165, 1.54) is 16.7 Å². The van der Waals surface area contributed by atoms with Crippen molar-refractivity contribution in [2.75, 3.05) is 19.7 Å². The first-order chi connectivity index (χ1) is 17.5. The van der Waals surface area contributed by atoms with Gasteiger partial charge in [0, 0.05) is 19.6 Å². The second-order valence-electron chi connectivity index (χ2n) is 10.0. The minimum absolute atomic E-state index is 0.0515. The second-order valence-corrected chi connectivity index (χ2v) is 11.7. The van der Waals surface area contributed by atoms with Crippen LogP contribution in [0.3, 0.4) is 0 Å². The van der Waals surface area contributed by atoms with E-state index in [1.807, 2.05) is 6.92 Å². The molecule has 3 aromatic rings. The monoisotopic (exact) mass is 505 g/mol. The van der Waals surface area contributed by atoms with E-state index >= 15 is 0 Å². The van der Waals surface area contributed by atoms with Crippen LogP contribution < -0.4 is 0 Å². The lowest BCUT2D eigenvalue weighted by Crippen LogP contribution is -2.42. The van der Waals surface area contributed by atoms with E-state index in [0.717, 1.165) is 50.9 Å². The number of ether oxygens (including phenoxy) is 1. The summed E-state index contributed by atoms with van der Waals surface area (Å²) < 4.78 is 36.9. The zero-order valence-electron chi connectivity index (χ0n) is 20.9. The van der Waals surface area contributed by atoms with E-state index < -0.39 is 10.1 Å². The molecule has 0 aromatic heterocycles. The van der Waals surface area contributed by atoms with Gasteiger partial charge in [0.25, 0.3) is 10.1 Å². The number of nitrogens with zero attached hydrogens (tertiary/aromatic N) is 1. The molecule has 1 unspecified atom stereocenters. The summed E-state index contributed by atoms with van der Waals surface area (Å²) >= 11 is 0. The van der Waals surface area contributed by atoms with Gasteiger partial charge in [-0.1, -0.05) is 72.3 Å². The summed E-state index contributed by atoms with van der Waals surface area (Å²) in [5.74, 6) is 0. The molecule has 6 heteroatoms. The summed E-state index contributed by atoms with van der Waals surface area (Å²) in [7, 11) is -3.71. The summed E-state index contributed by atoms with van der Waals surface area (Å²) in [5.41, 5.74) is 4.80. The van der Waals surface area contributed by atoms with Crippen LogP contribution in [0.4, 0.5) is 0 Å². The minimum Gasteiger partial charge on any atom is -0.362 e. The zero-order valence-corrected chi connectivity index (χ0v) is 21.8. The van der Waals surface area contributed by atoms with Gasteiger partial charge in [0.1, 0.15) is 0 Å². The summed E-state index contributed by atoms with van der Waals surface area (Å²) in [6, 6.07) is 26.1. The maximum atomic E-state index is 12.4. The van der Waals surface area contributed by atoms with Crippen molar-refractivity contribution in [3.05, 3.63) is 101 Å². The quantitative estimate of drug-likeness (QED) is 0.259. The van der Waals surface area contributed by atoms with Crippen LogP contribution in [0.5, 0.6) is 0 Å². The molecule has 0 N–H and O–H groups in total. The molecule has 1 spiro atoms. The van der Waals surface area contributed by atoms with Gasteiger partial charge in [-0.3, -0.25) is 9.08 Å². The van der Waals surface area contributed by atoms with E-state index in [9.17, 15) is 8.42 Å². The maximum Gasteiger partial charge on any atom is 0.296 e. The fraction of sp³-hybridized carbons (Fsp3) is 0.400. The Balaban J connectivity index is 1.14. The summed E-state index contributed by atoms with van der Waals surface area (Å²) in [6.45, 7) is 5.12. The van der Waals surface area contributed by atoms with E-state index in [0.29, 0.717) is 6.42 Å². The zero-order chi connectivity index (χ0) is 25.0. The van der Waals surface area contributed by atoms with Crippen molar-refractivity contribution >= 4 is 10.1 Å². The van der Waals surface area contributed by atoms with Crippen LogP contribution in [0.2, 0.25) is 0 Å². The number of fused-ring (bicyclic) bond motifs is 2. The number of hydrogen-bond donors (Lipinski definition) is 0. The second kappa shape index (κ2) is 10.9. The fourth-order valence-electron chi connectivity index (χ4n) is 5.48. The van der Waals surface area contributed by atoms with Crippen LogP contribution in [-0.4, -0.2) is 33.0 Å². The lowest BCUT2D eigenvalue weighted by Gasteiger charge is -2.40. The molecule has 190 valence electrons. The molecule has 3 aromatic carbocycles. The van der Waals surface area contributed by atoms with Crippen LogP contribution in [0.15, 0.2) is 83.8 Å². The van der Waals surface area contributed by atoms with E-state index in [4.69, 9.17) is 8.92 Å². The van der Waals surface area contributed by atoms with E-state index in [1.54, 1.807) is 24.3 Å². The molecule has 2 aliphatic rings. The Morgan fingerprint density at radius 1 is 0.917 bits per heavy atom. The van der Waals surface area contributed by atoms with E-state index in [-0.39, 0.29) is 23.2 Å². The topological polar surface area (TPSA) is 55.8 Å². The highest BCUT2D eigenvalue weighted by molar-refractivity contribution is 7.86. The van der Waals surface area contributed by atoms with Crippen molar-refractivity contribution < 1.29 is 17.3 Å². The number of benzene rings is 3. The summed E-state index contributed by atoms with van der Waals surface area (Å²) in [6.07, 6.45) is 4.41. The molecule has 0 amide bonds. The number of unbranched alkanes of at least 4 members (excludes halogenated alkanes) is 1. The van der Waals surface area contributed by atoms with Crippen LogP contribution in [-0.2, 0) is 31.2 Å². The van der Waals surface area contributed by atoms with Crippen LogP contribution in [0, 0.1) is 6.92 Å². The van der Waals surface area contributed by atoms with Crippen LogP contribution in [0.1, 0.15) is 60.5 Å². The van der Waals surface area contributed by atoms with Gasteiger partial charge < -0.3 is 4.74 Å². The standard InChI is InChI=1S/C30H35NO4S/c1-24-14-16-26(17-15-24)36(32,33)34-22-8-7-13-29-27-11-5-6-12-28(27)30(35-29)18-20-31(21-19-30)23-25-9-3-2-4-10-25/h2-6,9-12,14-17,29H,7-8,13,18-23H2,1H3. The summed E-state index contributed by atoms with van der Waals surface area (Å²) in [4.78, 5) is 2.73. The van der Waals surface area contributed by atoms with E-state index in [2.05, 4.69) is 59.5 Å². The average molecular weight is 506 g/mol. The average Bonchev–Trinajstić information content (AvgIpc) is 3.19. The van der Waals surface area contributed by atoms with Gasteiger partial charge in [-0.25, -0.2) is 0 Å². The molecule has 0 bridgehead atoms. The predicted octanol–water partition coefficient (Wildman–Crippen LogP) is 6.13. The molecule has 5 nitrogen and oxygen atoms in total. The Kier molecular flexibility index (Phi) is 7.58. The van der Waals surface area contributed by atoms with Gasteiger partial charge in [0.15, 0.2) is 0 Å². The molecule has 1 saturated heterocycles. The SMILES string of the molecule is Cc1ccc(S(=O)(=O)OCCCCC2OC3(CCN(Cc4ccccc4)CC3)c3ccccc32)cc1. The van der Waals surface area contributed by atoms with Crippen LogP contribution in [0.25, 0.3) is 0 Å². The Morgan fingerprint density at radius 2 is 1.61 bits per heavy atom. The minimum atomic E-state index is -3.71. The van der Waals surface area contributed by atoms with Gasteiger partial charge in [0.05, 0.1) is 23.2 Å². The molecule has 2 heterocycles. The predicted molar refractivity (Wildman–Crippen MR) is 141 cm³/mol. The number of piperidine rings is 1. The lowest BCUT2D eigenvalue weighted by molar-refractivity contribution is -0.113. The first-order valence-electron chi connectivity index (χ1n) is 12.9. The molecule has 36 heavy (non-hydrogen) atoms. The molecule has 2 aliphatic heterocycles. The molecular weight excluding hydrogens is 470 g/mol. The molecule has 0 saturated carbocycles. The van der Waals surface area contributed by atoms with Gasteiger partial charge >= 0.3 is 0 Å². The Labute approximate surface area is 215 Å². The van der Waals surface area contributed by atoms with Gasteiger partial charge in [-0.15, -0.1) is 0 Å². The highest BCUT2D eigenvalue weighted by atomic mass is 32.2. The molecule has 1 atom stereocenters. The van der Waals surface area contributed by atoms with Crippen molar-refractivity contribution in [1.82, 2.24) is 4.90 Å². The Morgan fingerprint density at radius 3 is 2.36 bits per heavy atom. The van der Waals surface area contributed by atoms with Crippen LogP contribution >= 0.6 is 0 Å². The lowest BCUT2D eigenvalue weighted by atomic mass is 9.83. The van der Waals surface area contributed by atoms with Crippen molar-refractivity contribution in [3.63, 3.8) is 0 Å². The van der Waals surface area contributed by atoms with Crippen molar-refractivity contribution in [3.8, 4) is 0 Å². The highest BCUT2D eigenvalue weighted by Gasteiger charge is 2.46. The maximum absolute atomic E-state index is 12.4. The van der Waals surface area contributed by atoms with Gasteiger partial charge in [-0.05, 0) is 67.9 Å². The molecule has 5 rings (SSSR count). The molecular formula is C30H35NO4S. The smallest absolute Gasteiger partial charge is 0.296 e. The van der Waals surface area contributed by atoms with Crippen molar-refractivity contribution in [2.45, 2.75) is 62.2 Å². The normalized spacial score (nSPS) is 19.4. The first kappa shape index (κ1) is 25.2. The summed E-state index contributed by atoms with van der Waals surface area (Å²) in [5, 5.41) is 0. The highest BCUT2D eigenvalue weighted by Crippen LogP contribution is 2.50. The first-order valence-corrected chi connectivity index (χ1v) is 14.4. The van der Waals surface area contributed by atoms with Crippen molar-refractivity contribution in [2.24, 2.45) is 0 Å². The molecule has 1 fully saturated rings.